The van der Waals surface area contributed by atoms with E-state index < -0.39 is 11.7 Å². The summed E-state index contributed by atoms with van der Waals surface area (Å²) in [7, 11) is 1.58. The van der Waals surface area contributed by atoms with E-state index in [1.807, 2.05) is 6.07 Å². The lowest BCUT2D eigenvalue weighted by Gasteiger charge is -2.27. The number of halogens is 3. The largest absolute Gasteiger partial charge is 0.416 e. The Morgan fingerprint density at radius 1 is 1.38 bits per heavy atom. The van der Waals surface area contributed by atoms with Gasteiger partial charge in [0.05, 0.1) is 16.9 Å². The second kappa shape index (κ2) is 8.84. The zero-order valence-corrected chi connectivity index (χ0v) is 17.6. The Labute approximate surface area is 184 Å². The predicted molar refractivity (Wildman–Crippen MR) is 114 cm³/mol. The fraction of sp³-hybridized carbons (Fsp3) is 0.455. The smallest absolute Gasteiger partial charge is 0.386 e. The molecule has 10 heteroatoms. The van der Waals surface area contributed by atoms with Gasteiger partial charge in [0.2, 0.25) is 0 Å². The molecule has 2 aliphatic rings. The van der Waals surface area contributed by atoms with Gasteiger partial charge in [0.25, 0.3) is 0 Å². The summed E-state index contributed by atoms with van der Waals surface area (Å²) in [6, 6.07) is 8.59. The fourth-order valence-electron chi connectivity index (χ4n) is 4.68. The van der Waals surface area contributed by atoms with Gasteiger partial charge in [-0.3, -0.25) is 4.90 Å². The van der Waals surface area contributed by atoms with Crippen LogP contribution >= 0.6 is 0 Å². The minimum atomic E-state index is -4.50. The van der Waals surface area contributed by atoms with Crippen molar-refractivity contribution in [3.63, 3.8) is 0 Å². The van der Waals surface area contributed by atoms with Crippen LogP contribution in [-0.4, -0.2) is 48.6 Å². The molecular weight excluding hydrogens is 419 g/mol. The molecule has 32 heavy (non-hydrogen) atoms. The molecule has 2 aliphatic heterocycles. The van der Waals surface area contributed by atoms with Gasteiger partial charge in [-0.15, -0.1) is 0 Å². The van der Waals surface area contributed by atoms with Crippen molar-refractivity contribution >= 4 is 11.4 Å². The van der Waals surface area contributed by atoms with Crippen LogP contribution in [0, 0.1) is 16.9 Å². The molecule has 168 valence electrons. The third kappa shape index (κ3) is 4.31. The number of aromatic nitrogens is 1. The van der Waals surface area contributed by atoms with E-state index in [1.165, 1.54) is 12.1 Å². The number of aryl methyl sites for hydroxylation is 1. The average molecular weight is 443 g/mol. The SMILES string of the molecule is CNc1cc(-c2ccc(CCCN3CC4CC3CN4)c(C(F)(F)F)c2)nc(C#N)c1N=N. The van der Waals surface area contributed by atoms with Crippen LogP contribution in [0.3, 0.4) is 0 Å². The normalized spacial score (nSPS) is 20.3. The highest BCUT2D eigenvalue weighted by molar-refractivity contribution is 5.76. The second-order valence-electron chi connectivity index (χ2n) is 8.19. The molecule has 2 unspecified atom stereocenters. The van der Waals surface area contributed by atoms with Gasteiger partial charge in [-0.05, 0) is 43.5 Å². The summed E-state index contributed by atoms with van der Waals surface area (Å²) in [5, 5.41) is 18.9. The summed E-state index contributed by atoms with van der Waals surface area (Å²) in [4.78, 5) is 6.50. The number of pyridine rings is 1. The number of anilines is 1. The number of hydrogen-bond acceptors (Lipinski definition) is 7. The summed E-state index contributed by atoms with van der Waals surface area (Å²) in [5.74, 6) is 0. The number of nitrogens with one attached hydrogen (secondary N) is 3. The third-order valence-corrected chi connectivity index (χ3v) is 6.25. The van der Waals surface area contributed by atoms with E-state index in [-0.39, 0.29) is 28.2 Å². The highest BCUT2D eigenvalue weighted by Gasteiger charge is 2.37. The van der Waals surface area contributed by atoms with Crippen LogP contribution in [0.5, 0.6) is 0 Å². The first-order valence-corrected chi connectivity index (χ1v) is 10.5. The molecule has 0 saturated carbocycles. The van der Waals surface area contributed by atoms with Crippen molar-refractivity contribution < 1.29 is 13.2 Å². The predicted octanol–water partition coefficient (Wildman–Crippen LogP) is 4.32. The number of alkyl halides is 3. The Bertz CT molecular complexity index is 1060. The average Bonchev–Trinajstić information content (AvgIpc) is 3.41. The number of benzene rings is 1. The summed E-state index contributed by atoms with van der Waals surface area (Å²) in [6.45, 7) is 2.72. The van der Waals surface area contributed by atoms with Crippen LogP contribution in [0.25, 0.3) is 11.3 Å². The van der Waals surface area contributed by atoms with Gasteiger partial charge >= 0.3 is 6.18 Å². The number of rotatable bonds is 7. The van der Waals surface area contributed by atoms with Crippen LogP contribution in [0.15, 0.2) is 29.4 Å². The first-order chi connectivity index (χ1) is 15.3. The number of fused-ring (bicyclic) bond motifs is 2. The van der Waals surface area contributed by atoms with Crippen molar-refractivity contribution in [2.75, 3.05) is 32.0 Å². The molecule has 0 aliphatic carbocycles. The zero-order chi connectivity index (χ0) is 22.9. The van der Waals surface area contributed by atoms with Crippen molar-refractivity contribution in [1.29, 1.82) is 10.8 Å². The van der Waals surface area contributed by atoms with Crippen LogP contribution in [0.2, 0.25) is 0 Å². The molecule has 2 bridgehead atoms. The first kappa shape index (κ1) is 22.2. The second-order valence-corrected chi connectivity index (χ2v) is 8.19. The summed E-state index contributed by atoms with van der Waals surface area (Å²) in [6.07, 6.45) is -2.37. The number of hydrogen-bond donors (Lipinski definition) is 3. The lowest BCUT2D eigenvalue weighted by atomic mass is 9.97. The van der Waals surface area contributed by atoms with Crippen LogP contribution in [0.1, 0.15) is 29.7 Å². The standard InChI is InChI=1S/C22H24F3N7/c1-28-19-9-18(30-20(10-26)21(19)31-27)14-5-4-13(17(7-14)22(23,24)25)3-2-6-32-12-15-8-16(32)11-29-15/h4-5,7,9,15-16,27,29H,2-3,6,8,11-12H2,1H3,(H,28,30). The molecule has 2 aromatic rings. The van der Waals surface area contributed by atoms with Crippen LogP contribution < -0.4 is 10.6 Å². The third-order valence-electron chi connectivity index (χ3n) is 6.25. The molecule has 2 fully saturated rings. The number of piperazine rings is 1. The lowest BCUT2D eigenvalue weighted by Crippen LogP contribution is -2.43. The molecule has 1 aromatic heterocycles. The minimum Gasteiger partial charge on any atom is -0.386 e. The van der Waals surface area contributed by atoms with Gasteiger partial charge in [-0.1, -0.05) is 12.1 Å². The van der Waals surface area contributed by atoms with E-state index in [9.17, 15) is 18.4 Å². The van der Waals surface area contributed by atoms with E-state index in [0.29, 0.717) is 30.6 Å². The highest BCUT2D eigenvalue weighted by atomic mass is 19.4. The Morgan fingerprint density at radius 3 is 2.78 bits per heavy atom. The molecule has 2 atom stereocenters. The Hall–Kier alpha value is -3.03. The van der Waals surface area contributed by atoms with Gasteiger partial charge < -0.3 is 10.6 Å². The van der Waals surface area contributed by atoms with Crippen molar-refractivity contribution in [1.82, 2.24) is 15.2 Å². The highest BCUT2D eigenvalue weighted by Crippen LogP contribution is 2.37. The molecule has 0 amide bonds. The molecule has 4 rings (SSSR count). The number of nitrogens with zero attached hydrogens (tertiary/aromatic N) is 4. The van der Waals surface area contributed by atoms with E-state index in [1.54, 1.807) is 13.1 Å². The topological polar surface area (TPSA) is 100 Å². The van der Waals surface area contributed by atoms with Crippen LogP contribution in [0.4, 0.5) is 24.5 Å². The molecule has 3 N–H and O–H groups in total. The van der Waals surface area contributed by atoms with Crippen LogP contribution in [-0.2, 0) is 12.6 Å². The maximum atomic E-state index is 13.9. The monoisotopic (exact) mass is 443 g/mol. The van der Waals surface area contributed by atoms with Gasteiger partial charge in [-0.2, -0.15) is 23.5 Å². The van der Waals surface area contributed by atoms with Gasteiger partial charge in [0, 0.05) is 37.8 Å². The maximum Gasteiger partial charge on any atom is 0.416 e. The van der Waals surface area contributed by atoms with E-state index in [4.69, 9.17) is 5.53 Å². The molecule has 3 heterocycles. The Kier molecular flexibility index (Phi) is 6.13. The maximum absolute atomic E-state index is 13.9. The Morgan fingerprint density at radius 2 is 2.19 bits per heavy atom. The fourth-order valence-corrected chi connectivity index (χ4v) is 4.68. The van der Waals surface area contributed by atoms with E-state index >= 15 is 0 Å². The van der Waals surface area contributed by atoms with Crippen molar-refractivity contribution in [2.45, 2.75) is 37.5 Å². The zero-order valence-electron chi connectivity index (χ0n) is 17.6. The minimum absolute atomic E-state index is 0.0530. The summed E-state index contributed by atoms with van der Waals surface area (Å²) >= 11 is 0. The summed E-state index contributed by atoms with van der Waals surface area (Å²) in [5.41, 5.74) is 7.59. The first-order valence-electron chi connectivity index (χ1n) is 10.5. The molecule has 7 nitrogen and oxygen atoms in total. The van der Waals surface area contributed by atoms with Crippen molar-refractivity contribution in [3.8, 4) is 17.3 Å². The van der Waals surface area contributed by atoms with E-state index in [2.05, 4.69) is 25.6 Å². The van der Waals surface area contributed by atoms with Gasteiger partial charge in [0.15, 0.2) is 5.69 Å². The molecule has 2 saturated heterocycles. The van der Waals surface area contributed by atoms with Crippen molar-refractivity contribution in [3.05, 3.63) is 41.1 Å². The molecule has 0 spiro atoms. The molecule has 0 radical (unpaired) electrons. The summed E-state index contributed by atoms with van der Waals surface area (Å²) < 4.78 is 41.6. The van der Waals surface area contributed by atoms with Crippen molar-refractivity contribution in [2.24, 2.45) is 5.11 Å². The number of nitriles is 1. The van der Waals surface area contributed by atoms with E-state index in [0.717, 1.165) is 32.1 Å². The molecular formula is C22H24F3N7. The molecule has 1 aromatic carbocycles. The van der Waals surface area contributed by atoms with Gasteiger partial charge in [0.1, 0.15) is 11.8 Å². The number of likely N-dealkylation sites (tertiary alicyclic amines) is 1. The Balaban J connectivity index is 1.59. The quantitative estimate of drug-likeness (QED) is 0.554. The lowest BCUT2D eigenvalue weighted by molar-refractivity contribution is -0.138. The van der Waals surface area contributed by atoms with Gasteiger partial charge in [-0.25, -0.2) is 10.5 Å².